The molecule has 0 aliphatic rings. The van der Waals surface area contributed by atoms with E-state index < -0.39 is 0 Å². The van der Waals surface area contributed by atoms with Crippen molar-refractivity contribution in [3.05, 3.63) is 53.7 Å². The van der Waals surface area contributed by atoms with E-state index in [4.69, 9.17) is 0 Å². The van der Waals surface area contributed by atoms with Crippen LogP contribution in [0.2, 0.25) is 0 Å². The van der Waals surface area contributed by atoms with Gasteiger partial charge in [-0.1, -0.05) is 29.8 Å². The first-order chi connectivity index (χ1) is 8.69. The number of aromatic nitrogens is 1. The first-order valence-corrected chi connectivity index (χ1v) is 6.09. The minimum Gasteiger partial charge on any atom is -0.373 e. The molecule has 1 aromatic heterocycles. The Labute approximate surface area is 108 Å². The third kappa shape index (κ3) is 3.00. The summed E-state index contributed by atoms with van der Waals surface area (Å²) in [6.45, 7) is 3.00. The zero-order valence-electron chi connectivity index (χ0n) is 11.1. The van der Waals surface area contributed by atoms with Crippen LogP contribution >= 0.6 is 0 Å². The number of nitrogens with one attached hydrogen (secondary N) is 1. The minimum absolute atomic E-state index is 0.892. The lowest BCUT2D eigenvalue weighted by Crippen LogP contribution is -2.16. The Morgan fingerprint density at radius 2 is 1.89 bits per heavy atom. The number of anilines is 2. The minimum atomic E-state index is 0.892. The largest absolute Gasteiger partial charge is 0.373 e. The van der Waals surface area contributed by atoms with Gasteiger partial charge >= 0.3 is 0 Å². The van der Waals surface area contributed by atoms with Crippen LogP contribution < -0.4 is 10.2 Å². The predicted octanol–water partition coefficient (Wildman–Crippen LogP) is 3.07. The highest BCUT2D eigenvalue weighted by Gasteiger charge is 2.03. The highest BCUT2D eigenvalue weighted by Crippen LogP contribution is 2.18. The lowest BCUT2D eigenvalue weighted by atomic mass is 10.1. The fraction of sp³-hybridized carbons (Fsp3) is 0.267. The number of rotatable bonds is 4. The van der Waals surface area contributed by atoms with E-state index in [1.807, 2.05) is 25.4 Å². The fourth-order valence-corrected chi connectivity index (χ4v) is 1.85. The van der Waals surface area contributed by atoms with Gasteiger partial charge in [-0.25, -0.2) is 4.98 Å². The molecule has 0 amide bonds. The summed E-state index contributed by atoms with van der Waals surface area (Å²) in [6.07, 6.45) is 1.83. The number of aryl methyl sites for hydroxylation is 1. The summed E-state index contributed by atoms with van der Waals surface area (Å²) in [4.78, 5) is 6.44. The summed E-state index contributed by atoms with van der Waals surface area (Å²) in [5.74, 6) is 0.892. The molecule has 3 heteroatoms. The van der Waals surface area contributed by atoms with E-state index in [0.717, 1.165) is 18.1 Å². The summed E-state index contributed by atoms with van der Waals surface area (Å²) in [7, 11) is 3.97. The van der Waals surface area contributed by atoms with Gasteiger partial charge in [0.2, 0.25) is 0 Å². The second kappa shape index (κ2) is 5.54. The molecule has 1 N–H and O–H groups in total. The molecule has 0 bridgehead atoms. The van der Waals surface area contributed by atoms with Gasteiger partial charge < -0.3 is 10.2 Å². The summed E-state index contributed by atoms with van der Waals surface area (Å²) in [5, 5.41) is 3.06. The SMILES string of the molecule is CNc1cc(N(C)Cc2ccc(C)cc2)ccn1. The molecule has 1 heterocycles. The second-order valence-corrected chi connectivity index (χ2v) is 4.49. The molecule has 0 fully saturated rings. The maximum atomic E-state index is 4.22. The Bertz CT molecular complexity index is 505. The Morgan fingerprint density at radius 1 is 1.17 bits per heavy atom. The van der Waals surface area contributed by atoms with Crippen LogP contribution in [0.5, 0.6) is 0 Å². The van der Waals surface area contributed by atoms with Crippen molar-refractivity contribution in [3.63, 3.8) is 0 Å². The molecule has 0 saturated heterocycles. The molecule has 94 valence electrons. The summed E-state index contributed by atoms with van der Waals surface area (Å²) >= 11 is 0. The maximum Gasteiger partial charge on any atom is 0.127 e. The molecule has 0 aliphatic heterocycles. The standard InChI is InChI=1S/C15H19N3/c1-12-4-6-13(7-5-12)11-18(3)14-8-9-17-15(10-14)16-2/h4-10H,11H2,1-3H3,(H,16,17). The van der Waals surface area contributed by atoms with Crippen molar-refractivity contribution in [1.82, 2.24) is 4.98 Å². The number of hydrogen-bond donors (Lipinski definition) is 1. The maximum absolute atomic E-state index is 4.22. The first-order valence-electron chi connectivity index (χ1n) is 6.09. The molecule has 2 aromatic rings. The molecular weight excluding hydrogens is 222 g/mol. The molecule has 1 aromatic carbocycles. The van der Waals surface area contributed by atoms with Crippen molar-refractivity contribution in [2.24, 2.45) is 0 Å². The average Bonchev–Trinajstić information content (AvgIpc) is 2.41. The first kappa shape index (κ1) is 12.4. The molecule has 18 heavy (non-hydrogen) atoms. The molecular formula is C15H19N3. The number of hydrogen-bond acceptors (Lipinski definition) is 3. The molecule has 0 aliphatic carbocycles. The van der Waals surface area contributed by atoms with E-state index in [1.165, 1.54) is 11.1 Å². The van der Waals surface area contributed by atoms with Gasteiger partial charge in [-0.2, -0.15) is 0 Å². The van der Waals surface area contributed by atoms with E-state index in [2.05, 4.69) is 53.4 Å². The van der Waals surface area contributed by atoms with E-state index in [0.29, 0.717) is 0 Å². The van der Waals surface area contributed by atoms with Crippen molar-refractivity contribution >= 4 is 11.5 Å². The molecule has 0 spiro atoms. The Morgan fingerprint density at radius 3 is 2.56 bits per heavy atom. The molecule has 0 saturated carbocycles. The lowest BCUT2D eigenvalue weighted by molar-refractivity contribution is 0.920. The van der Waals surface area contributed by atoms with Gasteiger partial charge in [-0.05, 0) is 18.6 Å². The average molecular weight is 241 g/mol. The van der Waals surface area contributed by atoms with E-state index in [9.17, 15) is 0 Å². The third-order valence-corrected chi connectivity index (χ3v) is 2.98. The third-order valence-electron chi connectivity index (χ3n) is 2.98. The van der Waals surface area contributed by atoms with Crippen molar-refractivity contribution in [2.45, 2.75) is 13.5 Å². The Balaban J connectivity index is 2.11. The van der Waals surface area contributed by atoms with Crippen LogP contribution in [0, 0.1) is 6.92 Å². The topological polar surface area (TPSA) is 28.2 Å². The van der Waals surface area contributed by atoms with Crippen LogP contribution in [0.4, 0.5) is 11.5 Å². The highest BCUT2D eigenvalue weighted by molar-refractivity contribution is 5.53. The van der Waals surface area contributed by atoms with Gasteiger partial charge in [0.25, 0.3) is 0 Å². The second-order valence-electron chi connectivity index (χ2n) is 4.49. The molecule has 0 radical (unpaired) electrons. The molecule has 3 nitrogen and oxygen atoms in total. The normalized spacial score (nSPS) is 10.2. The zero-order valence-corrected chi connectivity index (χ0v) is 11.1. The van der Waals surface area contributed by atoms with E-state index in [-0.39, 0.29) is 0 Å². The van der Waals surface area contributed by atoms with Gasteiger partial charge in [-0.15, -0.1) is 0 Å². The van der Waals surface area contributed by atoms with Gasteiger partial charge in [0.1, 0.15) is 5.82 Å². The summed E-state index contributed by atoms with van der Waals surface area (Å²) in [5.41, 5.74) is 3.77. The number of benzene rings is 1. The van der Waals surface area contributed by atoms with Gasteiger partial charge in [0.15, 0.2) is 0 Å². The van der Waals surface area contributed by atoms with Gasteiger partial charge in [0.05, 0.1) is 0 Å². The van der Waals surface area contributed by atoms with E-state index in [1.54, 1.807) is 0 Å². The molecule has 0 atom stereocenters. The zero-order chi connectivity index (χ0) is 13.0. The van der Waals surface area contributed by atoms with Crippen LogP contribution in [-0.4, -0.2) is 19.1 Å². The highest BCUT2D eigenvalue weighted by atomic mass is 15.1. The Kier molecular flexibility index (Phi) is 3.82. The van der Waals surface area contributed by atoms with Gasteiger partial charge in [0, 0.05) is 38.6 Å². The number of nitrogens with zero attached hydrogens (tertiary/aromatic N) is 2. The van der Waals surface area contributed by atoms with Crippen LogP contribution in [0.15, 0.2) is 42.6 Å². The van der Waals surface area contributed by atoms with Crippen LogP contribution in [0.1, 0.15) is 11.1 Å². The monoisotopic (exact) mass is 241 g/mol. The van der Waals surface area contributed by atoms with Crippen LogP contribution in [0.3, 0.4) is 0 Å². The van der Waals surface area contributed by atoms with Crippen LogP contribution in [0.25, 0.3) is 0 Å². The van der Waals surface area contributed by atoms with Crippen LogP contribution in [-0.2, 0) is 6.54 Å². The van der Waals surface area contributed by atoms with Crippen molar-refractivity contribution in [2.75, 3.05) is 24.3 Å². The smallest absolute Gasteiger partial charge is 0.127 e. The fourth-order valence-electron chi connectivity index (χ4n) is 1.85. The predicted molar refractivity (Wildman–Crippen MR) is 77.1 cm³/mol. The number of pyridine rings is 1. The molecule has 0 unspecified atom stereocenters. The quantitative estimate of drug-likeness (QED) is 0.891. The van der Waals surface area contributed by atoms with E-state index >= 15 is 0 Å². The van der Waals surface area contributed by atoms with Gasteiger partial charge in [-0.3, -0.25) is 0 Å². The summed E-state index contributed by atoms with van der Waals surface area (Å²) in [6, 6.07) is 12.7. The van der Waals surface area contributed by atoms with Crippen molar-refractivity contribution < 1.29 is 0 Å². The van der Waals surface area contributed by atoms with Crippen molar-refractivity contribution in [1.29, 1.82) is 0 Å². The summed E-state index contributed by atoms with van der Waals surface area (Å²) < 4.78 is 0. The molecule has 2 rings (SSSR count). The lowest BCUT2D eigenvalue weighted by Gasteiger charge is -2.20. The Hall–Kier alpha value is -2.03. The van der Waals surface area contributed by atoms with Crippen molar-refractivity contribution in [3.8, 4) is 0 Å².